The lowest BCUT2D eigenvalue weighted by Gasteiger charge is -2.01. The van der Waals surface area contributed by atoms with Gasteiger partial charge < -0.3 is 15.2 Å². The summed E-state index contributed by atoms with van der Waals surface area (Å²) in [6, 6.07) is 5.92. The van der Waals surface area contributed by atoms with E-state index >= 15 is 0 Å². The fraction of sp³-hybridized carbons (Fsp3) is 0. The molecule has 3 rings (SSSR count). The van der Waals surface area contributed by atoms with Gasteiger partial charge in [0.25, 0.3) is 0 Å². The molecule has 2 heterocycles. The number of phenols is 2. The van der Waals surface area contributed by atoms with Crippen LogP contribution in [0.5, 0.6) is 11.5 Å². The predicted octanol–water partition coefficient (Wildman–Crippen LogP) is 2.69. The van der Waals surface area contributed by atoms with Gasteiger partial charge in [0.05, 0.1) is 16.1 Å². The number of imidazole rings is 1. The second-order valence-electron chi connectivity index (χ2n) is 3.81. The summed E-state index contributed by atoms with van der Waals surface area (Å²) in [4.78, 5) is 11.3. The van der Waals surface area contributed by atoms with Gasteiger partial charge in [0.15, 0.2) is 5.65 Å². The zero-order valence-corrected chi connectivity index (χ0v) is 9.81. The number of hydrogen-bond donors (Lipinski definition) is 3. The van der Waals surface area contributed by atoms with E-state index in [0.717, 1.165) is 0 Å². The van der Waals surface area contributed by atoms with Crippen LogP contribution in [0.2, 0.25) is 5.02 Å². The first-order valence-electron chi connectivity index (χ1n) is 5.17. The third kappa shape index (κ3) is 1.74. The van der Waals surface area contributed by atoms with Gasteiger partial charge in [0.2, 0.25) is 0 Å². The highest BCUT2D eigenvalue weighted by Crippen LogP contribution is 2.31. The van der Waals surface area contributed by atoms with E-state index in [2.05, 4.69) is 15.0 Å². The maximum atomic E-state index is 9.75. The van der Waals surface area contributed by atoms with Crippen molar-refractivity contribution in [3.8, 4) is 22.9 Å². The molecule has 0 fully saturated rings. The van der Waals surface area contributed by atoms with Crippen LogP contribution in [0.4, 0.5) is 0 Å². The van der Waals surface area contributed by atoms with Crippen molar-refractivity contribution in [2.45, 2.75) is 0 Å². The van der Waals surface area contributed by atoms with E-state index in [1.807, 2.05) is 0 Å². The molecule has 6 heteroatoms. The minimum Gasteiger partial charge on any atom is -0.508 e. The lowest BCUT2D eigenvalue weighted by atomic mass is 10.2. The number of benzene rings is 1. The van der Waals surface area contributed by atoms with Gasteiger partial charge in [-0.3, -0.25) is 0 Å². The van der Waals surface area contributed by atoms with Crippen LogP contribution in [0.15, 0.2) is 30.5 Å². The van der Waals surface area contributed by atoms with E-state index in [0.29, 0.717) is 27.6 Å². The van der Waals surface area contributed by atoms with Gasteiger partial charge in [0.1, 0.15) is 17.3 Å². The molecule has 3 N–H and O–H groups in total. The van der Waals surface area contributed by atoms with Crippen molar-refractivity contribution < 1.29 is 10.2 Å². The molecule has 0 aliphatic rings. The number of halogens is 1. The molecule has 0 aliphatic carbocycles. The zero-order chi connectivity index (χ0) is 12.7. The van der Waals surface area contributed by atoms with Gasteiger partial charge >= 0.3 is 0 Å². The van der Waals surface area contributed by atoms with Crippen LogP contribution in [0.3, 0.4) is 0 Å². The molecule has 0 saturated heterocycles. The van der Waals surface area contributed by atoms with E-state index in [4.69, 9.17) is 11.6 Å². The lowest BCUT2D eigenvalue weighted by molar-refractivity contribution is 0.461. The molecule has 5 nitrogen and oxygen atoms in total. The molecular weight excluding hydrogens is 254 g/mol. The van der Waals surface area contributed by atoms with Gasteiger partial charge in [-0.2, -0.15) is 0 Å². The van der Waals surface area contributed by atoms with Gasteiger partial charge in [-0.1, -0.05) is 11.6 Å². The summed E-state index contributed by atoms with van der Waals surface area (Å²) < 4.78 is 0. The SMILES string of the molecule is Oc1ccc(O)c(-c2nc3ncc(Cl)cc3[nH]2)c1. The molecule has 3 aromatic rings. The van der Waals surface area contributed by atoms with E-state index in [9.17, 15) is 10.2 Å². The predicted molar refractivity (Wildman–Crippen MR) is 67.7 cm³/mol. The first kappa shape index (κ1) is 10.9. The topological polar surface area (TPSA) is 82.0 Å². The number of nitrogens with zero attached hydrogens (tertiary/aromatic N) is 2. The molecule has 0 radical (unpaired) electrons. The van der Waals surface area contributed by atoms with E-state index in [1.165, 1.54) is 24.4 Å². The maximum absolute atomic E-state index is 9.75. The Bertz CT molecular complexity index is 739. The molecule has 18 heavy (non-hydrogen) atoms. The molecule has 0 atom stereocenters. The summed E-state index contributed by atoms with van der Waals surface area (Å²) in [6.07, 6.45) is 1.50. The van der Waals surface area contributed by atoms with Gasteiger partial charge in [-0.05, 0) is 24.3 Å². The van der Waals surface area contributed by atoms with Crippen molar-refractivity contribution in [2.75, 3.05) is 0 Å². The number of H-pyrrole nitrogens is 1. The number of rotatable bonds is 1. The number of aromatic nitrogens is 3. The Labute approximate surface area is 107 Å². The van der Waals surface area contributed by atoms with Crippen LogP contribution in [0.1, 0.15) is 0 Å². The normalized spacial score (nSPS) is 10.9. The summed E-state index contributed by atoms with van der Waals surface area (Å²) >= 11 is 5.83. The minimum absolute atomic E-state index is 0.0259. The van der Waals surface area contributed by atoms with Crippen LogP contribution in [0, 0.1) is 0 Å². The van der Waals surface area contributed by atoms with Crippen LogP contribution in [-0.2, 0) is 0 Å². The van der Waals surface area contributed by atoms with E-state index in [-0.39, 0.29) is 11.5 Å². The monoisotopic (exact) mass is 261 g/mol. The Morgan fingerprint density at radius 3 is 2.83 bits per heavy atom. The van der Waals surface area contributed by atoms with E-state index < -0.39 is 0 Å². The largest absolute Gasteiger partial charge is 0.508 e. The quantitative estimate of drug-likeness (QED) is 0.588. The molecule has 0 spiro atoms. The third-order valence-electron chi connectivity index (χ3n) is 2.54. The smallest absolute Gasteiger partial charge is 0.178 e. The second kappa shape index (κ2) is 3.89. The molecule has 0 unspecified atom stereocenters. The number of hydrogen-bond acceptors (Lipinski definition) is 4. The highest BCUT2D eigenvalue weighted by molar-refractivity contribution is 6.31. The Hall–Kier alpha value is -2.27. The Balaban J connectivity index is 2.22. The molecule has 0 amide bonds. The van der Waals surface area contributed by atoms with Crippen molar-refractivity contribution in [3.63, 3.8) is 0 Å². The first-order chi connectivity index (χ1) is 8.63. The zero-order valence-electron chi connectivity index (χ0n) is 9.05. The Morgan fingerprint density at radius 2 is 2.00 bits per heavy atom. The average Bonchev–Trinajstić information content (AvgIpc) is 2.74. The van der Waals surface area contributed by atoms with Gasteiger partial charge in [-0.15, -0.1) is 0 Å². The van der Waals surface area contributed by atoms with Crippen molar-refractivity contribution in [3.05, 3.63) is 35.5 Å². The molecule has 2 aromatic heterocycles. The second-order valence-corrected chi connectivity index (χ2v) is 4.25. The summed E-state index contributed by atoms with van der Waals surface area (Å²) in [6.45, 7) is 0. The molecule has 1 aromatic carbocycles. The highest BCUT2D eigenvalue weighted by atomic mass is 35.5. The fourth-order valence-corrected chi connectivity index (χ4v) is 1.87. The van der Waals surface area contributed by atoms with Crippen LogP contribution < -0.4 is 0 Å². The Kier molecular flexibility index (Phi) is 2.34. The summed E-state index contributed by atoms with van der Waals surface area (Å²) in [5, 5.41) is 19.7. The molecular formula is C12H8ClN3O2. The number of phenolic OH excluding ortho intramolecular Hbond substituents is 2. The number of fused-ring (bicyclic) bond motifs is 1. The number of pyridine rings is 1. The number of aromatic amines is 1. The van der Waals surface area contributed by atoms with Crippen LogP contribution in [0.25, 0.3) is 22.6 Å². The minimum atomic E-state index is 0.0259. The molecule has 0 aliphatic heterocycles. The standard InChI is InChI=1S/C12H8ClN3O2/c13-6-3-9-12(14-5-6)16-11(15-9)8-4-7(17)1-2-10(8)18/h1-5,17-18H,(H,14,15,16). The average molecular weight is 262 g/mol. The van der Waals surface area contributed by atoms with Gasteiger partial charge in [-0.25, -0.2) is 9.97 Å². The maximum Gasteiger partial charge on any atom is 0.178 e. The highest BCUT2D eigenvalue weighted by Gasteiger charge is 2.11. The van der Waals surface area contributed by atoms with Crippen molar-refractivity contribution in [2.24, 2.45) is 0 Å². The van der Waals surface area contributed by atoms with Crippen LogP contribution >= 0.6 is 11.6 Å². The number of nitrogens with one attached hydrogen (secondary N) is 1. The molecule has 0 bridgehead atoms. The van der Waals surface area contributed by atoms with Crippen LogP contribution in [-0.4, -0.2) is 25.2 Å². The van der Waals surface area contributed by atoms with Crippen molar-refractivity contribution in [1.29, 1.82) is 0 Å². The summed E-state index contributed by atoms with van der Waals surface area (Å²) in [7, 11) is 0. The third-order valence-corrected chi connectivity index (χ3v) is 2.75. The Morgan fingerprint density at radius 1 is 1.17 bits per heavy atom. The number of aromatic hydroxyl groups is 2. The molecule has 90 valence electrons. The fourth-order valence-electron chi connectivity index (χ4n) is 1.72. The van der Waals surface area contributed by atoms with E-state index in [1.54, 1.807) is 6.07 Å². The lowest BCUT2D eigenvalue weighted by Crippen LogP contribution is -1.81. The van der Waals surface area contributed by atoms with Crippen molar-refractivity contribution >= 4 is 22.8 Å². The summed E-state index contributed by atoms with van der Waals surface area (Å²) in [5.74, 6) is 0.500. The summed E-state index contributed by atoms with van der Waals surface area (Å²) in [5.41, 5.74) is 1.57. The van der Waals surface area contributed by atoms with Crippen molar-refractivity contribution in [1.82, 2.24) is 15.0 Å². The van der Waals surface area contributed by atoms with Gasteiger partial charge in [0, 0.05) is 6.20 Å². The first-order valence-corrected chi connectivity index (χ1v) is 5.55. The molecule has 0 saturated carbocycles.